The van der Waals surface area contributed by atoms with Crippen molar-refractivity contribution in [2.75, 3.05) is 11.4 Å². The number of allylic oxidation sites excluding steroid dienone is 2. The maximum atomic E-state index is 14.5. The third kappa shape index (κ3) is 3.71. The van der Waals surface area contributed by atoms with Crippen molar-refractivity contribution in [3.05, 3.63) is 82.6 Å². The second-order valence-corrected chi connectivity index (χ2v) is 12.7. The van der Waals surface area contributed by atoms with Crippen LogP contribution in [0.1, 0.15) is 44.6 Å². The smallest absolute Gasteiger partial charge is 0.241 e. The highest BCUT2D eigenvalue weighted by atomic mass is 35.5. The van der Waals surface area contributed by atoms with E-state index in [1.54, 1.807) is 19.1 Å². The molecule has 0 spiro atoms. The standard InChI is InChI=1S/C34H30ClFN2O5/c1-3-14-37-30(40)21-12-11-20-23(27(21)32(37)42)16-24-31(41)38(18-9-13-26(36)25(35)15-18)33(43)34(24,2)28(20)22-10-8-17-6-4-5-7-19(17)29(22)39/h4-11,13,15,21,23-24,27-28,39H,3,12,14,16H2,1-2H3. The largest absolute Gasteiger partial charge is 0.507 e. The van der Waals surface area contributed by atoms with Crippen LogP contribution in [0, 0.1) is 34.9 Å². The molecule has 0 bridgehead atoms. The summed E-state index contributed by atoms with van der Waals surface area (Å²) >= 11 is 6.07. The Morgan fingerprint density at radius 3 is 2.51 bits per heavy atom. The first kappa shape index (κ1) is 27.8. The number of likely N-dealkylation sites (tertiary alicyclic amines) is 1. The van der Waals surface area contributed by atoms with Crippen LogP contribution in [0.25, 0.3) is 10.8 Å². The summed E-state index contributed by atoms with van der Waals surface area (Å²) in [6, 6.07) is 14.8. The molecule has 43 heavy (non-hydrogen) atoms. The fourth-order valence-corrected chi connectivity index (χ4v) is 8.42. The molecule has 2 aliphatic carbocycles. The summed E-state index contributed by atoms with van der Waals surface area (Å²) in [5.41, 5.74) is 0.115. The number of phenols is 1. The average molecular weight is 601 g/mol. The number of imide groups is 2. The van der Waals surface area contributed by atoms with Crippen molar-refractivity contribution in [1.82, 2.24) is 4.90 Å². The molecule has 6 unspecified atom stereocenters. The number of amides is 4. The van der Waals surface area contributed by atoms with E-state index in [0.717, 1.165) is 21.9 Å². The van der Waals surface area contributed by atoms with Crippen LogP contribution in [0.15, 0.2) is 66.2 Å². The number of benzene rings is 3. The van der Waals surface area contributed by atoms with E-state index in [4.69, 9.17) is 11.6 Å². The number of halogens is 2. The van der Waals surface area contributed by atoms with Crippen molar-refractivity contribution in [2.45, 2.75) is 39.0 Å². The summed E-state index contributed by atoms with van der Waals surface area (Å²) in [6.45, 7) is 3.99. The van der Waals surface area contributed by atoms with E-state index >= 15 is 0 Å². The van der Waals surface area contributed by atoms with Crippen LogP contribution in [0.4, 0.5) is 10.1 Å². The van der Waals surface area contributed by atoms with E-state index in [9.17, 15) is 28.7 Å². The van der Waals surface area contributed by atoms with E-state index in [2.05, 4.69) is 0 Å². The lowest BCUT2D eigenvalue weighted by Gasteiger charge is -2.49. The Hall–Kier alpha value is -4.04. The Bertz CT molecular complexity index is 1790. The van der Waals surface area contributed by atoms with Crippen molar-refractivity contribution in [1.29, 1.82) is 0 Å². The maximum absolute atomic E-state index is 14.5. The van der Waals surface area contributed by atoms with Crippen molar-refractivity contribution in [2.24, 2.45) is 29.1 Å². The molecule has 3 aromatic rings. The van der Waals surface area contributed by atoms with Gasteiger partial charge in [0.05, 0.1) is 33.9 Å². The fraction of sp³-hybridized carbons (Fsp3) is 0.353. The Balaban J connectivity index is 1.43. The molecule has 9 heteroatoms. The van der Waals surface area contributed by atoms with Crippen LogP contribution in [0.5, 0.6) is 5.75 Å². The molecule has 7 nitrogen and oxygen atoms in total. The summed E-state index contributed by atoms with van der Waals surface area (Å²) in [6.07, 6.45) is 3.14. The van der Waals surface area contributed by atoms with E-state index in [1.165, 1.54) is 17.0 Å². The van der Waals surface area contributed by atoms with Gasteiger partial charge in [-0.2, -0.15) is 0 Å². The van der Waals surface area contributed by atoms with Crippen LogP contribution in [0.2, 0.25) is 5.02 Å². The van der Waals surface area contributed by atoms with Crippen molar-refractivity contribution >= 4 is 51.7 Å². The van der Waals surface area contributed by atoms with E-state index in [1.807, 2.05) is 37.3 Å². The third-order valence-electron chi connectivity index (χ3n) is 10.2. The summed E-state index contributed by atoms with van der Waals surface area (Å²) < 4.78 is 14.1. The van der Waals surface area contributed by atoms with Crippen LogP contribution in [-0.2, 0) is 19.2 Å². The second-order valence-electron chi connectivity index (χ2n) is 12.3. The van der Waals surface area contributed by atoms with Gasteiger partial charge in [-0.3, -0.25) is 24.1 Å². The van der Waals surface area contributed by atoms with E-state index < -0.39 is 52.6 Å². The zero-order chi connectivity index (χ0) is 30.4. The van der Waals surface area contributed by atoms with Crippen LogP contribution >= 0.6 is 11.6 Å². The minimum Gasteiger partial charge on any atom is -0.507 e. The summed E-state index contributed by atoms with van der Waals surface area (Å²) in [5.74, 6) is -5.29. The number of hydrogen-bond donors (Lipinski definition) is 1. The third-order valence-corrected chi connectivity index (χ3v) is 10.5. The molecule has 4 amide bonds. The molecule has 2 aliphatic heterocycles. The van der Waals surface area contributed by atoms with Gasteiger partial charge in [-0.05, 0) is 55.7 Å². The molecule has 7 rings (SSSR count). The lowest BCUT2D eigenvalue weighted by Crippen LogP contribution is -2.48. The van der Waals surface area contributed by atoms with Gasteiger partial charge in [-0.1, -0.05) is 66.6 Å². The van der Waals surface area contributed by atoms with Gasteiger partial charge < -0.3 is 5.11 Å². The number of nitrogens with zero attached hydrogens (tertiary/aromatic N) is 2. The molecule has 3 aromatic carbocycles. The fourth-order valence-electron chi connectivity index (χ4n) is 8.24. The highest BCUT2D eigenvalue weighted by Gasteiger charge is 2.67. The number of anilines is 1. The van der Waals surface area contributed by atoms with Gasteiger partial charge in [-0.15, -0.1) is 0 Å². The molecule has 1 N–H and O–H groups in total. The lowest BCUT2D eigenvalue weighted by atomic mass is 9.51. The summed E-state index contributed by atoms with van der Waals surface area (Å²) in [7, 11) is 0. The van der Waals surface area contributed by atoms with E-state index in [0.29, 0.717) is 30.3 Å². The van der Waals surface area contributed by atoms with Gasteiger partial charge in [0.15, 0.2) is 0 Å². The zero-order valence-electron chi connectivity index (χ0n) is 23.7. The minimum absolute atomic E-state index is 0.0108. The average Bonchev–Trinajstić information content (AvgIpc) is 3.35. The number of aromatic hydroxyl groups is 1. The Morgan fingerprint density at radius 2 is 1.77 bits per heavy atom. The first-order valence-corrected chi connectivity index (χ1v) is 15.1. The molecular weight excluding hydrogens is 571 g/mol. The molecule has 3 fully saturated rings. The molecule has 1 saturated carbocycles. The molecule has 0 radical (unpaired) electrons. The molecular formula is C34H30ClFN2O5. The number of hydrogen-bond acceptors (Lipinski definition) is 5. The Kier molecular flexibility index (Phi) is 6.29. The maximum Gasteiger partial charge on any atom is 0.241 e. The quantitative estimate of drug-likeness (QED) is 0.294. The first-order chi connectivity index (χ1) is 20.6. The van der Waals surface area contributed by atoms with Crippen molar-refractivity contribution < 1.29 is 28.7 Å². The molecule has 6 atom stereocenters. The second kappa shape index (κ2) is 9.74. The number of phenolic OH excluding ortho intramolecular Hbond substituents is 1. The SMILES string of the molecule is CCCN1C(=O)C2CC=C3C(CC4C(=O)N(c5ccc(F)c(Cl)c5)C(=O)C4(C)C3c3ccc4ccccc4c3O)C2C1=O. The minimum atomic E-state index is -1.33. The molecule has 2 saturated heterocycles. The van der Waals surface area contributed by atoms with Crippen LogP contribution in [0.3, 0.4) is 0 Å². The monoisotopic (exact) mass is 600 g/mol. The summed E-state index contributed by atoms with van der Waals surface area (Å²) in [4.78, 5) is 58.3. The molecule has 4 aliphatic rings. The normalized spacial score (nSPS) is 30.0. The lowest BCUT2D eigenvalue weighted by molar-refractivity contribution is -0.140. The number of carbonyl (C=O) groups is 4. The predicted octanol–water partition coefficient (Wildman–Crippen LogP) is 5.98. The van der Waals surface area contributed by atoms with Gasteiger partial charge in [-0.25, -0.2) is 9.29 Å². The van der Waals surface area contributed by atoms with Gasteiger partial charge in [0.25, 0.3) is 0 Å². The highest BCUT2D eigenvalue weighted by molar-refractivity contribution is 6.31. The highest BCUT2D eigenvalue weighted by Crippen LogP contribution is 2.64. The van der Waals surface area contributed by atoms with Gasteiger partial charge in [0.1, 0.15) is 11.6 Å². The molecule has 220 valence electrons. The number of rotatable bonds is 4. The predicted molar refractivity (Wildman–Crippen MR) is 159 cm³/mol. The van der Waals surface area contributed by atoms with E-state index in [-0.39, 0.29) is 34.7 Å². The Morgan fingerprint density at radius 1 is 1.00 bits per heavy atom. The molecule has 0 aromatic heterocycles. The number of carbonyl (C=O) groups excluding carboxylic acids is 4. The van der Waals surface area contributed by atoms with Crippen molar-refractivity contribution in [3.63, 3.8) is 0 Å². The van der Waals surface area contributed by atoms with Crippen LogP contribution in [-0.4, -0.2) is 40.2 Å². The van der Waals surface area contributed by atoms with Gasteiger partial charge >= 0.3 is 0 Å². The van der Waals surface area contributed by atoms with Gasteiger partial charge in [0, 0.05) is 23.4 Å². The first-order valence-electron chi connectivity index (χ1n) is 14.7. The van der Waals surface area contributed by atoms with Gasteiger partial charge in [0.2, 0.25) is 23.6 Å². The Labute approximate surface area is 252 Å². The topological polar surface area (TPSA) is 95.0 Å². The van der Waals surface area contributed by atoms with Crippen LogP contribution < -0.4 is 4.90 Å². The van der Waals surface area contributed by atoms with Crippen molar-refractivity contribution in [3.8, 4) is 5.75 Å². The number of fused-ring (bicyclic) bond motifs is 5. The zero-order valence-corrected chi connectivity index (χ0v) is 24.5. The molecule has 2 heterocycles. The summed E-state index contributed by atoms with van der Waals surface area (Å²) in [5, 5.41) is 12.9.